The third-order valence-electron chi connectivity index (χ3n) is 7.35. The van der Waals surface area contributed by atoms with Gasteiger partial charge in [-0.1, -0.05) is 12.1 Å². The number of hydrogen-bond donors (Lipinski definition) is 8. The Labute approximate surface area is 233 Å². The third kappa shape index (κ3) is 5.89. The molecule has 0 bridgehead atoms. The molecular weight excluding hydrogens is 548 g/mol. The lowest BCUT2D eigenvalue weighted by atomic mass is 9.96. The maximum Gasteiger partial charge on any atom is 0.229 e. The fourth-order valence-corrected chi connectivity index (χ4v) is 4.92. The van der Waals surface area contributed by atoms with Crippen LogP contribution in [0.3, 0.4) is 0 Å². The fourth-order valence-electron chi connectivity index (χ4n) is 4.92. The van der Waals surface area contributed by atoms with Crippen molar-refractivity contribution in [2.24, 2.45) is 0 Å². The molecule has 2 aromatic carbocycles. The number of rotatable bonds is 7. The summed E-state index contributed by atoms with van der Waals surface area (Å²) < 4.78 is 28.0. The lowest BCUT2D eigenvalue weighted by Crippen LogP contribution is -2.60. The molecular formula is C27H32O14. The molecule has 0 spiro atoms. The number of fused-ring (bicyclic) bond motifs is 1. The smallest absolute Gasteiger partial charge is 0.229 e. The molecule has 3 heterocycles. The summed E-state index contributed by atoms with van der Waals surface area (Å²) >= 11 is 0. The van der Waals surface area contributed by atoms with Crippen molar-refractivity contribution < 1.29 is 69.3 Å². The molecule has 3 aliphatic rings. The van der Waals surface area contributed by atoms with Crippen molar-refractivity contribution in [2.45, 2.75) is 73.9 Å². The monoisotopic (exact) mass is 580 g/mol. The molecule has 0 amide bonds. The lowest BCUT2D eigenvalue weighted by Gasteiger charge is -2.39. The molecule has 2 aromatic rings. The van der Waals surface area contributed by atoms with Gasteiger partial charge in [0.2, 0.25) is 12.6 Å². The summed E-state index contributed by atoms with van der Waals surface area (Å²) in [6, 6.07) is 10.7. The zero-order chi connectivity index (χ0) is 29.4. The second-order valence-electron chi connectivity index (χ2n) is 10.1. The van der Waals surface area contributed by atoms with E-state index in [0.29, 0.717) is 11.1 Å². The van der Waals surface area contributed by atoms with Crippen molar-refractivity contribution >= 4 is 5.78 Å². The first-order valence-electron chi connectivity index (χ1n) is 13.0. The third-order valence-corrected chi connectivity index (χ3v) is 7.35. The largest absolute Gasteiger partial charge is 0.484 e. The van der Waals surface area contributed by atoms with Crippen LogP contribution >= 0.6 is 0 Å². The van der Waals surface area contributed by atoms with Crippen LogP contribution in [0.2, 0.25) is 0 Å². The highest BCUT2D eigenvalue weighted by Gasteiger charge is 2.46. The van der Waals surface area contributed by atoms with E-state index in [0.717, 1.165) is 0 Å². The molecule has 14 heteroatoms. The molecule has 41 heavy (non-hydrogen) atoms. The van der Waals surface area contributed by atoms with Gasteiger partial charge in [-0.25, -0.2) is 0 Å². The van der Waals surface area contributed by atoms with E-state index in [-0.39, 0.29) is 29.5 Å². The number of ketones is 1. The van der Waals surface area contributed by atoms with Gasteiger partial charge in [-0.05, 0) is 29.8 Å². The normalized spacial score (nSPS) is 37.2. The summed E-state index contributed by atoms with van der Waals surface area (Å²) in [6.45, 7) is -1.20. The minimum Gasteiger partial charge on any atom is -0.484 e. The predicted octanol–water partition coefficient (Wildman–Crippen LogP) is -2.25. The highest BCUT2D eigenvalue weighted by Crippen LogP contribution is 2.38. The molecule has 5 rings (SSSR count). The standard InChI is InChI=1S/C27H32O14/c28-9-18-20(31)22(33)24(35)26(40-18)37-12-3-1-11(2-4-12)16-8-15(30)14-6-5-13(7-17(14)39-16)38-27-25(36)23(34)21(32)19(10-29)41-27/h1-7,16,18-29,31-36H,8-10H2/t16-,18+,19+,20+,21+,22-,23-,24+,25+,26-,27-/m0/s1. The van der Waals surface area contributed by atoms with Crippen molar-refractivity contribution in [1.29, 1.82) is 0 Å². The van der Waals surface area contributed by atoms with Crippen LogP contribution in [0.1, 0.15) is 28.4 Å². The van der Waals surface area contributed by atoms with E-state index in [1.165, 1.54) is 18.2 Å². The van der Waals surface area contributed by atoms with Gasteiger partial charge >= 0.3 is 0 Å². The van der Waals surface area contributed by atoms with Gasteiger partial charge in [0.25, 0.3) is 0 Å². The van der Waals surface area contributed by atoms with E-state index in [1.807, 2.05) is 0 Å². The molecule has 11 atom stereocenters. The highest BCUT2D eigenvalue weighted by atomic mass is 16.7. The first kappa shape index (κ1) is 29.6. The number of carbonyl (C=O) groups excluding carboxylic acids is 1. The number of aliphatic hydroxyl groups is 8. The number of ether oxygens (including phenoxy) is 5. The predicted molar refractivity (Wildman–Crippen MR) is 134 cm³/mol. The van der Waals surface area contributed by atoms with Crippen molar-refractivity contribution in [3.8, 4) is 17.2 Å². The molecule has 224 valence electrons. The van der Waals surface area contributed by atoms with Crippen LogP contribution in [0.5, 0.6) is 17.2 Å². The van der Waals surface area contributed by atoms with E-state index >= 15 is 0 Å². The van der Waals surface area contributed by atoms with Crippen molar-refractivity contribution in [2.75, 3.05) is 13.2 Å². The van der Waals surface area contributed by atoms with E-state index in [1.54, 1.807) is 24.3 Å². The second-order valence-corrected chi connectivity index (χ2v) is 10.1. The number of aliphatic hydroxyl groups excluding tert-OH is 8. The van der Waals surface area contributed by atoms with E-state index < -0.39 is 80.7 Å². The van der Waals surface area contributed by atoms with Gasteiger partial charge in [-0.15, -0.1) is 0 Å². The minimum atomic E-state index is -1.61. The highest BCUT2D eigenvalue weighted by molar-refractivity contribution is 6.00. The summed E-state index contributed by atoms with van der Waals surface area (Å²) in [7, 11) is 0. The van der Waals surface area contributed by atoms with Gasteiger partial charge in [-0.3, -0.25) is 4.79 Å². The SMILES string of the molecule is O=C1C[C@@H](c2ccc(O[C@H]3O[C@H](CO)[C@@H](O)[C@H](O)[C@H]3O)cc2)Oc2cc(O[C@H]3O[C@H](CO)[C@@H](O)[C@H](O)[C@H]3O)ccc21. The molecule has 0 aliphatic carbocycles. The maximum atomic E-state index is 12.9. The zero-order valence-electron chi connectivity index (χ0n) is 21.5. The summed E-state index contributed by atoms with van der Waals surface area (Å²) in [5.74, 6) is 0.396. The molecule has 0 radical (unpaired) electrons. The summed E-state index contributed by atoms with van der Waals surface area (Å²) in [4.78, 5) is 12.9. The number of carbonyl (C=O) groups is 1. The minimum absolute atomic E-state index is 0.0346. The first-order valence-corrected chi connectivity index (χ1v) is 13.0. The quantitative estimate of drug-likeness (QED) is 0.173. The van der Waals surface area contributed by atoms with E-state index in [4.69, 9.17) is 23.7 Å². The first-order chi connectivity index (χ1) is 19.6. The number of hydrogen-bond acceptors (Lipinski definition) is 14. The Hall–Kier alpha value is -2.89. The summed E-state index contributed by atoms with van der Waals surface area (Å²) in [5, 5.41) is 79.0. The molecule has 14 nitrogen and oxygen atoms in total. The van der Waals surface area contributed by atoms with Crippen LogP contribution in [0.25, 0.3) is 0 Å². The molecule has 3 aliphatic heterocycles. The van der Waals surface area contributed by atoms with Crippen LogP contribution in [0.15, 0.2) is 42.5 Å². The van der Waals surface area contributed by atoms with Gasteiger partial charge in [0.1, 0.15) is 72.2 Å². The van der Waals surface area contributed by atoms with E-state index in [2.05, 4.69) is 0 Å². The summed E-state index contributed by atoms with van der Waals surface area (Å²) in [5.41, 5.74) is 0.926. The fraction of sp³-hybridized carbons (Fsp3) is 0.519. The van der Waals surface area contributed by atoms with Crippen molar-refractivity contribution in [3.63, 3.8) is 0 Å². The molecule has 0 aromatic heterocycles. The molecule has 8 N–H and O–H groups in total. The second kappa shape index (κ2) is 12.1. The number of Topliss-reactive ketones (excluding diaryl/α,β-unsaturated/α-hetero) is 1. The van der Waals surface area contributed by atoms with Gasteiger partial charge in [0.15, 0.2) is 5.78 Å². The average molecular weight is 581 g/mol. The molecule has 0 unspecified atom stereocenters. The summed E-state index contributed by atoms with van der Waals surface area (Å²) in [6.07, 6.45) is -15.1. The molecule has 0 saturated carbocycles. The Morgan fingerprint density at radius 3 is 1.73 bits per heavy atom. The van der Waals surface area contributed by atoms with Gasteiger partial charge in [0, 0.05) is 6.07 Å². The van der Waals surface area contributed by atoms with Crippen LogP contribution in [-0.2, 0) is 9.47 Å². The van der Waals surface area contributed by atoms with Gasteiger partial charge in [-0.2, -0.15) is 0 Å². The maximum absolute atomic E-state index is 12.9. The Morgan fingerprint density at radius 2 is 1.20 bits per heavy atom. The molecule has 2 saturated heterocycles. The topological polar surface area (TPSA) is 225 Å². The Balaban J connectivity index is 1.26. The van der Waals surface area contributed by atoms with Crippen LogP contribution < -0.4 is 14.2 Å². The van der Waals surface area contributed by atoms with Crippen LogP contribution in [-0.4, -0.2) is 121 Å². The van der Waals surface area contributed by atoms with Crippen LogP contribution in [0, 0.1) is 0 Å². The van der Waals surface area contributed by atoms with Crippen molar-refractivity contribution in [3.05, 3.63) is 53.6 Å². The van der Waals surface area contributed by atoms with Gasteiger partial charge in [0.05, 0.1) is 25.2 Å². The Kier molecular flexibility index (Phi) is 8.77. The Morgan fingerprint density at radius 1 is 0.683 bits per heavy atom. The number of benzene rings is 2. The molecule has 2 fully saturated rings. The van der Waals surface area contributed by atoms with Crippen LogP contribution in [0.4, 0.5) is 0 Å². The lowest BCUT2D eigenvalue weighted by molar-refractivity contribution is -0.277. The van der Waals surface area contributed by atoms with Crippen molar-refractivity contribution in [1.82, 2.24) is 0 Å². The van der Waals surface area contributed by atoms with Gasteiger partial charge < -0.3 is 64.5 Å². The average Bonchev–Trinajstić information content (AvgIpc) is 2.97. The Bertz CT molecular complexity index is 1200. The zero-order valence-corrected chi connectivity index (χ0v) is 21.5. The van der Waals surface area contributed by atoms with E-state index in [9.17, 15) is 45.6 Å².